The molecule has 0 aliphatic heterocycles. The fraction of sp³-hybridized carbons (Fsp3) is 0.0625. The van der Waals surface area contributed by atoms with Crippen molar-refractivity contribution in [1.82, 2.24) is 9.97 Å². The number of benzene rings is 1. The molecule has 0 N–H and O–H groups in total. The van der Waals surface area contributed by atoms with E-state index in [9.17, 15) is 4.79 Å². The van der Waals surface area contributed by atoms with Gasteiger partial charge < -0.3 is 4.74 Å². The molecule has 0 saturated carbocycles. The normalized spacial score (nSPS) is 10.6. The predicted molar refractivity (Wildman–Crippen MR) is 91.5 cm³/mol. The molecule has 2 heterocycles. The van der Waals surface area contributed by atoms with E-state index < -0.39 is 5.97 Å². The van der Waals surface area contributed by atoms with Gasteiger partial charge in [-0.15, -0.1) is 11.3 Å². The van der Waals surface area contributed by atoms with Crippen LogP contribution >= 0.6 is 34.5 Å². The molecule has 0 fully saturated rings. The number of halogens is 2. The Morgan fingerprint density at radius 1 is 1.13 bits per heavy atom. The summed E-state index contributed by atoms with van der Waals surface area (Å²) in [6.45, 7) is 1.85. The third-order valence-corrected chi connectivity index (χ3v) is 4.77. The van der Waals surface area contributed by atoms with Crippen molar-refractivity contribution in [3.8, 4) is 16.5 Å². The molecule has 4 nitrogen and oxygen atoms in total. The van der Waals surface area contributed by atoms with Crippen LogP contribution in [0, 0.1) is 6.92 Å². The van der Waals surface area contributed by atoms with Crippen molar-refractivity contribution in [3.63, 3.8) is 0 Å². The zero-order chi connectivity index (χ0) is 16.4. The summed E-state index contributed by atoms with van der Waals surface area (Å²) in [7, 11) is 0. The maximum Gasteiger partial charge on any atom is 0.344 e. The first-order valence-corrected chi connectivity index (χ1v) is 8.17. The molecular weight excluding hydrogens is 355 g/mol. The van der Waals surface area contributed by atoms with Crippen molar-refractivity contribution in [2.75, 3.05) is 0 Å². The third kappa shape index (κ3) is 3.52. The number of rotatable bonds is 3. The zero-order valence-corrected chi connectivity index (χ0v) is 14.2. The van der Waals surface area contributed by atoms with E-state index in [1.165, 1.54) is 17.4 Å². The highest BCUT2D eigenvalue weighted by Crippen LogP contribution is 2.32. The van der Waals surface area contributed by atoms with Crippen LogP contribution in [0.25, 0.3) is 10.6 Å². The topological polar surface area (TPSA) is 52.1 Å². The molecule has 116 valence electrons. The lowest BCUT2D eigenvalue weighted by Gasteiger charge is -2.03. The minimum Gasteiger partial charge on any atom is -0.403 e. The highest BCUT2D eigenvalue weighted by Gasteiger charge is 2.16. The van der Waals surface area contributed by atoms with Gasteiger partial charge in [0.1, 0.15) is 5.01 Å². The summed E-state index contributed by atoms with van der Waals surface area (Å²) in [5, 5.41) is 1.45. The van der Waals surface area contributed by atoms with Crippen molar-refractivity contribution in [3.05, 3.63) is 63.2 Å². The van der Waals surface area contributed by atoms with E-state index in [2.05, 4.69) is 9.97 Å². The molecule has 1 aromatic carbocycles. The van der Waals surface area contributed by atoms with Crippen LogP contribution in [0.5, 0.6) is 5.88 Å². The molecule has 7 heteroatoms. The number of carbonyl (C=O) groups excluding carboxylic acids is 1. The lowest BCUT2D eigenvalue weighted by atomic mass is 10.2. The van der Waals surface area contributed by atoms with Gasteiger partial charge in [-0.05, 0) is 37.3 Å². The Bertz CT molecular complexity index is 866. The standard InChI is InChI=1S/C16H10Cl2N2O2S/c1-9-14(20-15(23-9)10-4-6-19-7-5-10)22-16(21)11-2-3-12(17)13(18)8-11/h2-8H,1H3. The average Bonchev–Trinajstić information content (AvgIpc) is 2.92. The fourth-order valence-corrected chi connectivity index (χ4v) is 3.01. The Morgan fingerprint density at radius 3 is 2.57 bits per heavy atom. The molecule has 0 aliphatic rings. The number of carbonyl (C=O) groups is 1. The SMILES string of the molecule is Cc1sc(-c2ccncc2)nc1OC(=O)c1ccc(Cl)c(Cl)c1. The van der Waals surface area contributed by atoms with Crippen LogP contribution in [-0.2, 0) is 0 Å². The predicted octanol–water partition coefficient (Wildman–Crippen LogP) is 5.04. The lowest BCUT2D eigenvalue weighted by molar-refractivity contribution is 0.0727. The lowest BCUT2D eigenvalue weighted by Crippen LogP contribution is -2.09. The van der Waals surface area contributed by atoms with E-state index in [4.69, 9.17) is 27.9 Å². The molecule has 0 spiro atoms. The molecule has 0 unspecified atom stereocenters. The van der Waals surface area contributed by atoms with Gasteiger partial charge in [-0.2, -0.15) is 0 Å². The van der Waals surface area contributed by atoms with Crippen LogP contribution in [0.4, 0.5) is 0 Å². The van der Waals surface area contributed by atoms with E-state index >= 15 is 0 Å². The van der Waals surface area contributed by atoms with Gasteiger partial charge in [0.15, 0.2) is 0 Å². The molecule has 0 bridgehead atoms. The van der Waals surface area contributed by atoms with Crippen LogP contribution in [0.3, 0.4) is 0 Å². The minimum atomic E-state index is -0.529. The van der Waals surface area contributed by atoms with E-state index in [1.54, 1.807) is 24.5 Å². The Kier molecular flexibility index (Phi) is 4.61. The largest absolute Gasteiger partial charge is 0.403 e. The van der Waals surface area contributed by atoms with Gasteiger partial charge in [-0.25, -0.2) is 9.78 Å². The molecule has 0 saturated heterocycles. The second-order valence-electron chi connectivity index (χ2n) is 4.63. The Hall–Kier alpha value is -1.95. The zero-order valence-electron chi connectivity index (χ0n) is 11.9. The average molecular weight is 365 g/mol. The number of pyridine rings is 1. The number of thiazole rings is 1. The van der Waals surface area contributed by atoms with Crippen LogP contribution in [0.2, 0.25) is 10.0 Å². The molecule has 0 aliphatic carbocycles. The van der Waals surface area contributed by atoms with Crippen LogP contribution in [-0.4, -0.2) is 15.9 Å². The number of aromatic nitrogens is 2. The summed E-state index contributed by atoms with van der Waals surface area (Å²) in [5.41, 5.74) is 1.24. The summed E-state index contributed by atoms with van der Waals surface area (Å²) in [6.07, 6.45) is 3.38. The maximum absolute atomic E-state index is 12.2. The molecule has 0 radical (unpaired) electrons. The van der Waals surface area contributed by atoms with Gasteiger partial charge in [0.25, 0.3) is 0 Å². The van der Waals surface area contributed by atoms with Gasteiger partial charge in [-0.3, -0.25) is 4.98 Å². The summed E-state index contributed by atoms with van der Waals surface area (Å²) < 4.78 is 5.37. The minimum absolute atomic E-state index is 0.290. The van der Waals surface area contributed by atoms with Gasteiger partial charge in [0, 0.05) is 18.0 Å². The van der Waals surface area contributed by atoms with E-state index in [1.807, 2.05) is 19.1 Å². The molecular formula is C16H10Cl2N2O2S. The monoisotopic (exact) mass is 364 g/mol. The number of hydrogen-bond donors (Lipinski definition) is 0. The van der Waals surface area contributed by atoms with Crippen molar-refractivity contribution in [1.29, 1.82) is 0 Å². The number of ether oxygens (including phenoxy) is 1. The molecule has 2 aromatic heterocycles. The number of aryl methyl sites for hydroxylation is 1. The van der Waals surface area contributed by atoms with E-state index in [0.717, 1.165) is 15.4 Å². The second kappa shape index (κ2) is 6.66. The number of hydrogen-bond acceptors (Lipinski definition) is 5. The third-order valence-electron chi connectivity index (χ3n) is 3.03. The van der Waals surface area contributed by atoms with Crippen LogP contribution in [0.15, 0.2) is 42.7 Å². The second-order valence-corrected chi connectivity index (χ2v) is 6.65. The van der Waals surface area contributed by atoms with Crippen molar-refractivity contribution < 1.29 is 9.53 Å². The smallest absolute Gasteiger partial charge is 0.344 e. The molecule has 3 rings (SSSR count). The van der Waals surface area contributed by atoms with Gasteiger partial charge in [-0.1, -0.05) is 23.2 Å². The van der Waals surface area contributed by atoms with Crippen LogP contribution < -0.4 is 4.74 Å². The van der Waals surface area contributed by atoms with E-state index in [-0.39, 0.29) is 5.88 Å². The highest BCUT2D eigenvalue weighted by molar-refractivity contribution is 7.15. The first-order chi connectivity index (χ1) is 11.0. The van der Waals surface area contributed by atoms with Gasteiger partial charge >= 0.3 is 5.97 Å². The summed E-state index contributed by atoms with van der Waals surface area (Å²) in [6, 6.07) is 8.28. The summed E-state index contributed by atoms with van der Waals surface area (Å²) in [4.78, 5) is 21.4. The summed E-state index contributed by atoms with van der Waals surface area (Å²) in [5.74, 6) is -0.240. The first kappa shape index (κ1) is 15.9. The fourth-order valence-electron chi connectivity index (χ4n) is 1.86. The molecule has 3 aromatic rings. The van der Waals surface area contributed by atoms with Crippen molar-refractivity contribution in [2.24, 2.45) is 0 Å². The van der Waals surface area contributed by atoms with Gasteiger partial charge in [0.05, 0.1) is 20.5 Å². The van der Waals surface area contributed by atoms with Crippen LogP contribution in [0.1, 0.15) is 15.2 Å². The van der Waals surface area contributed by atoms with Crippen molar-refractivity contribution in [2.45, 2.75) is 6.92 Å². The Morgan fingerprint density at radius 2 is 1.87 bits per heavy atom. The van der Waals surface area contributed by atoms with E-state index in [0.29, 0.717) is 15.6 Å². The number of esters is 1. The molecule has 0 atom stereocenters. The molecule has 23 heavy (non-hydrogen) atoms. The molecule has 0 amide bonds. The van der Waals surface area contributed by atoms with Crippen molar-refractivity contribution >= 4 is 40.5 Å². The number of nitrogens with zero attached hydrogens (tertiary/aromatic N) is 2. The quantitative estimate of drug-likeness (QED) is 0.610. The van der Waals surface area contributed by atoms with Gasteiger partial charge in [0.2, 0.25) is 5.88 Å². The first-order valence-electron chi connectivity index (χ1n) is 6.59. The Labute approximate surface area is 146 Å². The highest BCUT2D eigenvalue weighted by atomic mass is 35.5. The summed E-state index contributed by atoms with van der Waals surface area (Å²) >= 11 is 13.2. The maximum atomic E-state index is 12.2. The Balaban J connectivity index is 1.84.